The quantitative estimate of drug-likeness (QED) is 0.472. The van der Waals surface area contributed by atoms with Crippen LogP contribution in [0.2, 0.25) is 5.02 Å². The first-order chi connectivity index (χ1) is 9.61. The second kappa shape index (κ2) is 9.12. The molecule has 0 aliphatic rings. The van der Waals surface area contributed by atoms with Crippen molar-refractivity contribution in [2.75, 3.05) is 26.9 Å². The average Bonchev–Trinajstić information content (AvgIpc) is 2.45. The third-order valence-electron chi connectivity index (χ3n) is 2.26. The van der Waals surface area contributed by atoms with Crippen LogP contribution in [0.5, 0.6) is 0 Å². The molecule has 0 saturated carbocycles. The summed E-state index contributed by atoms with van der Waals surface area (Å²) < 4.78 is 9.55. The summed E-state index contributed by atoms with van der Waals surface area (Å²) in [6.07, 6.45) is 2.84. The van der Waals surface area contributed by atoms with Gasteiger partial charge in [0.2, 0.25) is 0 Å². The molecule has 1 amide bonds. The summed E-state index contributed by atoms with van der Waals surface area (Å²) in [5.41, 5.74) is 0.816. The van der Waals surface area contributed by atoms with E-state index in [1.54, 1.807) is 30.3 Å². The molecule has 0 aromatic heterocycles. The lowest BCUT2D eigenvalue weighted by atomic mass is 10.2. The molecule has 0 unspecified atom stereocenters. The average molecular weight is 298 g/mol. The van der Waals surface area contributed by atoms with Crippen LogP contribution >= 0.6 is 11.6 Å². The van der Waals surface area contributed by atoms with Crippen LogP contribution in [0.4, 0.5) is 0 Å². The van der Waals surface area contributed by atoms with Gasteiger partial charge in [0.15, 0.2) is 6.61 Å². The van der Waals surface area contributed by atoms with Gasteiger partial charge >= 0.3 is 5.97 Å². The first-order valence-electron chi connectivity index (χ1n) is 5.98. The maximum absolute atomic E-state index is 11.4. The fourth-order valence-electron chi connectivity index (χ4n) is 1.27. The minimum atomic E-state index is -0.582. The normalized spacial score (nSPS) is 10.5. The first-order valence-corrected chi connectivity index (χ1v) is 6.35. The number of benzene rings is 1. The van der Waals surface area contributed by atoms with Crippen molar-refractivity contribution in [2.24, 2.45) is 0 Å². The Kier molecular flexibility index (Phi) is 7.39. The molecule has 20 heavy (non-hydrogen) atoms. The number of carbonyl (C=O) groups is 2. The Balaban J connectivity index is 2.29. The molecule has 1 N–H and O–H groups in total. The fraction of sp³-hybridized carbons (Fsp3) is 0.286. The van der Waals surface area contributed by atoms with Gasteiger partial charge in [-0.05, 0) is 23.8 Å². The standard InChI is InChI=1S/C14H16ClNO4/c1-19-9-8-16-13(17)10-20-14(18)7-4-11-2-5-12(15)6-3-11/h2-7H,8-10H2,1H3,(H,16,17)/b7-4+. The van der Waals surface area contributed by atoms with Crippen molar-refractivity contribution in [3.05, 3.63) is 40.9 Å². The molecule has 1 aromatic carbocycles. The Morgan fingerprint density at radius 3 is 2.65 bits per heavy atom. The van der Waals surface area contributed by atoms with E-state index in [2.05, 4.69) is 5.32 Å². The van der Waals surface area contributed by atoms with Crippen molar-refractivity contribution in [1.29, 1.82) is 0 Å². The van der Waals surface area contributed by atoms with E-state index in [4.69, 9.17) is 21.1 Å². The molecular weight excluding hydrogens is 282 g/mol. The fourth-order valence-corrected chi connectivity index (χ4v) is 1.39. The molecular formula is C14H16ClNO4. The molecule has 0 saturated heterocycles. The lowest BCUT2D eigenvalue weighted by Crippen LogP contribution is -2.31. The molecule has 5 nitrogen and oxygen atoms in total. The summed E-state index contributed by atoms with van der Waals surface area (Å²) in [5.74, 6) is -0.947. The second-order valence-corrected chi connectivity index (χ2v) is 4.27. The van der Waals surface area contributed by atoms with E-state index in [0.29, 0.717) is 18.2 Å². The Labute approximate surface area is 122 Å². The van der Waals surface area contributed by atoms with Gasteiger partial charge in [-0.1, -0.05) is 23.7 Å². The maximum Gasteiger partial charge on any atom is 0.331 e. The Bertz CT molecular complexity index is 471. The molecule has 1 rings (SSSR count). The Morgan fingerprint density at radius 2 is 2.00 bits per heavy atom. The van der Waals surface area contributed by atoms with Crippen LogP contribution in [-0.2, 0) is 19.1 Å². The predicted octanol–water partition coefficient (Wildman–Crippen LogP) is 1.66. The molecule has 0 atom stereocenters. The molecule has 0 heterocycles. The van der Waals surface area contributed by atoms with E-state index >= 15 is 0 Å². The highest BCUT2D eigenvalue weighted by Crippen LogP contribution is 2.10. The third-order valence-corrected chi connectivity index (χ3v) is 2.51. The molecule has 6 heteroatoms. The lowest BCUT2D eigenvalue weighted by Gasteiger charge is -2.04. The summed E-state index contributed by atoms with van der Waals surface area (Å²) in [6, 6.07) is 6.97. The smallest absolute Gasteiger partial charge is 0.331 e. The van der Waals surface area contributed by atoms with Crippen LogP contribution in [-0.4, -0.2) is 38.7 Å². The summed E-state index contributed by atoms with van der Waals surface area (Å²) in [7, 11) is 1.54. The van der Waals surface area contributed by atoms with E-state index in [0.717, 1.165) is 5.56 Å². The maximum atomic E-state index is 11.4. The van der Waals surface area contributed by atoms with Crippen molar-refractivity contribution in [3.63, 3.8) is 0 Å². The van der Waals surface area contributed by atoms with Crippen LogP contribution in [0.3, 0.4) is 0 Å². The van der Waals surface area contributed by atoms with Crippen LogP contribution in [0, 0.1) is 0 Å². The summed E-state index contributed by atoms with van der Waals surface area (Å²) in [4.78, 5) is 22.6. The van der Waals surface area contributed by atoms with Crippen LogP contribution in [0.25, 0.3) is 6.08 Å². The number of esters is 1. The number of methoxy groups -OCH3 is 1. The molecule has 0 spiro atoms. The number of hydrogen-bond acceptors (Lipinski definition) is 4. The van der Waals surface area contributed by atoms with Gasteiger partial charge in [-0.3, -0.25) is 4.79 Å². The molecule has 0 fully saturated rings. The van der Waals surface area contributed by atoms with Crippen molar-refractivity contribution in [2.45, 2.75) is 0 Å². The van der Waals surface area contributed by atoms with Crippen molar-refractivity contribution < 1.29 is 19.1 Å². The minimum Gasteiger partial charge on any atom is -0.452 e. The predicted molar refractivity (Wildman–Crippen MR) is 76.3 cm³/mol. The van der Waals surface area contributed by atoms with Gasteiger partial charge in [-0.2, -0.15) is 0 Å². The van der Waals surface area contributed by atoms with Crippen LogP contribution < -0.4 is 5.32 Å². The number of rotatable bonds is 7. The number of halogens is 1. The largest absolute Gasteiger partial charge is 0.452 e. The number of nitrogens with one attached hydrogen (secondary N) is 1. The highest BCUT2D eigenvalue weighted by atomic mass is 35.5. The van der Waals surface area contributed by atoms with Gasteiger partial charge in [0.1, 0.15) is 0 Å². The Hall–Kier alpha value is -1.85. The number of carbonyl (C=O) groups excluding carboxylic acids is 2. The highest BCUT2D eigenvalue weighted by molar-refractivity contribution is 6.30. The zero-order valence-electron chi connectivity index (χ0n) is 11.1. The van der Waals surface area contributed by atoms with E-state index in [1.807, 2.05) is 0 Å². The lowest BCUT2D eigenvalue weighted by molar-refractivity contribution is -0.143. The van der Waals surface area contributed by atoms with Crippen molar-refractivity contribution >= 4 is 29.6 Å². The first kappa shape index (κ1) is 16.2. The monoisotopic (exact) mass is 297 g/mol. The summed E-state index contributed by atoms with van der Waals surface area (Å²) in [5, 5.41) is 3.16. The van der Waals surface area contributed by atoms with Gasteiger partial charge in [-0.15, -0.1) is 0 Å². The molecule has 108 valence electrons. The number of amides is 1. The van der Waals surface area contributed by atoms with Gasteiger partial charge in [-0.25, -0.2) is 4.79 Å². The minimum absolute atomic E-state index is 0.312. The topological polar surface area (TPSA) is 64.6 Å². The van der Waals surface area contributed by atoms with E-state index in [1.165, 1.54) is 13.2 Å². The van der Waals surface area contributed by atoms with Gasteiger partial charge < -0.3 is 14.8 Å². The molecule has 0 radical (unpaired) electrons. The van der Waals surface area contributed by atoms with Crippen molar-refractivity contribution in [3.8, 4) is 0 Å². The van der Waals surface area contributed by atoms with E-state index in [-0.39, 0.29) is 12.5 Å². The molecule has 1 aromatic rings. The SMILES string of the molecule is COCCNC(=O)COC(=O)/C=C/c1ccc(Cl)cc1. The van der Waals surface area contributed by atoms with Crippen LogP contribution in [0.1, 0.15) is 5.56 Å². The zero-order valence-corrected chi connectivity index (χ0v) is 11.9. The van der Waals surface area contributed by atoms with Gasteiger partial charge in [0.25, 0.3) is 5.91 Å². The van der Waals surface area contributed by atoms with Crippen LogP contribution in [0.15, 0.2) is 30.3 Å². The number of hydrogen-bond donors (Lipinski definition) is 1. The summed E-state index contributed by atoms with van der Waals surface area (Å²) in [6.45, 7) is 0.483. The van der Waals surface area contributed by atoms with E-state index in [9.17, 15) is 9.59 Å². The summed E-state index contributed by atoms with van der Waals surface area (Å²) >= 11 is 5.74. The molecule has 0 aliphatic carbocycles. The zero-order chi connectivity index (χ0) is 14.8. The van der Waals surface area contributed by atoms with Gasteiger partial charge in [0, 0.05) is 24.8 Å². The number of ether oxygens (including phenoxy) is 2. The molecule has 0 aliphatic heterocycles. The highest BCUT2D eigenvalue weighted by Gasteiger charge is 2.03. The third kappa shape index (κ3) is 6.92. The Morgan fingerprint density at radius 1 is 1.30 bits per heavy atom. The van der Waals surface area contributed by atoms with Gasteiger partial charge in [0.05, 0.1) is 6.61 Å². The van der Waals surface area contributed by atoms with Crippen molar-refractivity contribution in [1.82, 2.24) is 5.32 Å². The molecule has 0 bridgehead atoms. The second-order valence-electron chi connectivity index (χ2n) is 3.84. The van der Waals surface area contributed by atoms with E-state index < -0.39 is 5.97 Å².